The minimum atomic E-state index is -0.375. The molecule has 1 fully saturated rings. The molecule has 4 amide bonds. The van der Waals surface area contributed by atoms with Gasteiger partial charge >= 0.3 is 12.1 Å². The number of thioether (sulfide) groups is 1. The molecule has 0 saturated carbocycles. The van der Waals surface area contributed by atoms with Crippen LogP contribution in [-0.4, -0.2) is 60.5 Å². The molecule has 19 heavy (non-hydrogen) atoms. The highest BCUT2D eigenvalue weighted by Gasteiger charge is 2.17. The molecular weight excluding hydrogens is 264 g/mol. The average molecular weight is 286 g/mol. The van der Waals surface area contributed by atoms with Crippen LogP contribution in [0.2, 0.25) is 0 Å². The normalized spacial score (nSPS) is 16.8. The molecule has 7 heteroatoms. The van der Waals surface area contributed by atoms with Gasteiger partial charge in [0.15, 0.2) is 5.17 Å². The SMILES string of the molecule is CSC(=NC(=O)N(C)C)NC(=O)N1CCCCCC1. The van der Waals surface area contributed by atoms with Crippen molar-refractivity contribution in [3.63, 3.8) is 0 Å². The summed E-state index contributed by atoms with van der Waals surface area (Å²) in [6, 6.07) is -0.540. The maximum absolute atomic E-state index is 12.1. The van der Waals surface area contributed by atoms with E-state index in [1.54, 1.807) is 25.3 Å². The van der Waals surface area contributed by atoms with E-state index in [9.17, 15) is 9.59 Å². The molecule has 1 aliphatic heterocycles. The summed E-state index contributed by atoms with van der Waals surface area (Å²) in [6.45, 7) is 1.55. The van der Waals surface area contributed by atoms with Gasteiger partial charge in [-0.1, -0.05) is 24.6 Å². The fourth-order valence-electron chi connectivity index (χ4n) is 1.76. The smallest absolute Gasteiger partial charge is 0.329 e. The molecule has 0 aromatic heterocycles. The number of hydrogen-bond donors (Lipinski definition) is 1. The number of rotatable bonds is 0. The molecule has 1 saturated heterocycles. The van der Waals surface area contributed by atoms with Crippen LogP contribution in [0.3, 0.4) is 0 Å². The first-order valence-corrected chi connectivity index (χ1v) is 7.67. The van der Waals surface area contributed by atoms with Gasteiger partial charge in [0, 0.05) is 27.2 Å². The second kappa shape index (κ2) is 8.04. The fraction of sp³-hybridized carbons (Fsp3) is 0.750. The summed E-state index contributed by atoms with van der Waals surface area (Å²) < 4.78 is 0. The molecule has 0 radical (unpaired) electrons. The van der Waals surface area contributed by atoms with Gasteiger partial charge in [-0.25, -0.2) is 9.59 Å². The predicted molar refractivity (Wildman–Crippen MR) is 78.6 cm³/mol. The Morgan fingerprint density at radius 1 is 1.16 bits per heavy atom. The van der Waals surface area contributed by atoms with Gasteiger partial charge < -0.3 is 9.80 Å². The third-order valence-corrected chi connectivity index (χ3v) is 3.46. The van der Waals surface area contributed by atoms with Crippen LogP contribution in [0.5, 0.6) is 0 Å². The Kier molecular flexibility index (Phi) is 6.69. The van der Waals surface area contributed by atoms with Gasteiger partial charge in [-0.15, -0.1) is 0 Å². The second-order valence-corrected chi connectivity index (χ2v) is 5.42. The summed E-state index contributed by atoms with van der Waals surface area (Å²) in [5, 5.41) is 3.04. The van der Waals surface area contributed by atoms with Gasteiger partial charge in [0.25, 0.3) is 0 Å². The van der Waals surface area contributed by atoms with Gasteiger partial charge in [0.05, 0.1) is 0 Å². The Morgan fingerprint density at radius 3 is 2.21 bits per heavy atom. The third kappa shape index (κ3) is 5.50. The molecule has 0 bridgehead atoms. The molecule has 108 valence electrons. The number of urea groups is 2. The highest BCUT2D eigenvalue weighted by molar-refractivity contribution is 8.13. The van der Waals surface area contributed by atoms with E-state index in [0.29, 0.717) is 5.17 Å². The number of likely N-dealkylation sites (tertiary alicyclic amines) is 1. The second-order valence-electron chi connectivity index (χ2n) is 4.63. The van der Waals surface area contributed by atoms with Gasteiger partial charge in [0.1, 0.15) is 0 Å². The van der Waals surface area contributed by atoms with Crippen LogP contribution < -0.4 is 5.32 Å². The quantitative estimate of drug-likeness (QED) is 0.547. The van der Waals surface area contributed by atoms with E-state index in [2.05, 4.69) is 10.3 Å². The largest absolute Gasteiger partial charge is 0.345 e. The molecule has 0 spiro atoms. The molecule has 0 aromatic carbocycles. The molecule has 1 heterocycles. The van der Waals surface area contributed by atoms with Crippen molar-refractivity contribution in [2.45, 2.75) is 25.7 Å². The number of nitrogens with zero attached hydrogens (tertiary/aromatic N) is 3. The van der Waals surface area contributed by atoms with Crippen LogP contribution in [0.1, 0.15) is 25.7 Å². The monoisotopic (exact) mass is 286 g/mol. The van der Waals surface area contributed by atoms with E-state index in [1.165, 1.54) is 29.5 Å². The summed E-state index contributed by atoms with van der Waals surface area (Å²) in [5.41, 5.74) is 0. The minimum absolute atomic E-state index is 0.165. The van der Waals surface area contributed by atoms with Crippen LogP contribution in [0.15, 0.2) is 4.99 Å². The first kappa shape index (κ1) is 15.8. The lowest BCUT2D eigenvalue weighted by molar-refractivity contribution is 0.205. The first-order valence-electron chi connectivity index (χ1n) is 6.44. The first-order chi connectivity index (χ1) is 9.04. The zero-order chi connectivity index (χ0) is 14.3. The van der Waals surface area contributed by atoms with Crippen molar-refractivity contribution in [3.05, 3.63) is 0 Å². The van der Waals surface area contributed by atoms with Crippen LogP contribution >= 0.6 is 11.8 Å². The van der Waals surface area contributed by atoms with Crippen LogP contribution in [0, 0.1) is 0 Å². The van der Waals surface area contributed by atoms with Gasteiger partial charge in [0.2, 0.25) is 0 Å². The summed E-state index contributed by atoms with van der Waals surface area (Å²) in [7, 11) is 3.25. The van der Waals surface area contributed by atoms with Crippen molar-refractivity contribution in [2.75, 3.05) is 33.4 Å². The number of hydrogen-bond acceptors (Lipinski definition) is 3. The molecular formula is C12H22N4O2S. The van der Waals surface area contributed by atoms with E-state index in [4.69, 9.17) is 0 Å². The Labute approximate surface area is 118 Å². The summed E-state index contributed by atoms with van der Waals surface area (Å²) in [5.74, 6) is 0. The Balaban J connectivity index is 2.59. The molecule has 6 nitrogen and oxygen atoms in total. The molecule has 0 aromatic rings. The number of carbonyl (C=O) groups is 2. The number of carbonyl (C=O) groups excluding carboxylic acids is 2. The van der Waals surface area contributed by atoms with Crippen molar-refractivity contribution in [2.24, 2.45) is 4.99 Å². The molecule has 1 N–H and O–H groups in total. The van der Waals surface area contributed by atoms with E-state index in [-0.39, 0.29) is 12.1 Å². The molecule has 1 rings (SSSR count). The average Bonchev–Trinajstić information content (AvgIpc) is 2.66. The number of amidine groups is 1. The summed E-state index contributed by atoms with van der Waals surface area (Å²) in [6.07, 6.45) is 6.20. The standard InChI is InChI=1S/C12H22N4O2S/c1-15(2)11(17)13-10(19-3)14-12(18)16-8-6-4-5-7-9-16/h4-9H2,1-3H3,(H,13,14,17,18). The highest BCUT2D eigenvalue weighted by atomic mass is 32.2. The fourth-order valence-corrected chi connectivity index (χ4v) is 2.11. The zero-order valence-corrected chi connectivity index (χ0v) is 12.6. The minimum Gasteiger partial charge on any atom is -0.329 e. The van der Waals surface area contributed by atoms with Crippen LogP contribution in [0.4, 0.5) is 9.59 Å². The van der Waals surface area contributed by atoms with Crippen LogP contribution in [0.25, 0.3) is 0 Å². The van der Waals surface area contributed by atoms with Crippen molar-refractivity contribution in [3.8, 4) is 0 Å². The zero-order valence-electron chi connectivity index (χ0n) is 11.8. The summed E-state index contributed by atoms with van der Waals surface area (Å²) in [4.78, 5) is 30.6. The highest BCUT2D eigenvalue weighted by Crippen LogP contribution is 2.10. The lowest BCUT2D eigenvalue weighted by Crippen LogP contribution is -2.42. The Morgan fingerprint density at radius 2 is 1.74 bits per heavy atom. The van der Waals surface area contributed by atoms with Crippen molar-refractivity contribution in [1.29, 1.82) is 0 Å². The van der Waals surface area contributed by atoms with E-state index >= 15 is 0 Å². The number of nitrogens with one attached hydrogen (secondary N) is 1. The molecule has 1 aliphatic rings. The van der Waals surface area contributed by atoms with Crippen LogP contribution in [-0.2, 0) is 0 Å². The number of aliphatic imine (C=N–C) groups is 1. The van der Waals surface area contributed by atoms with Gasteiger partial charge in [-0.05, 0) is 19.1 Å². The third-order valence-electron chi connectivity index (χ3n) is 2.88. The topological polar surface area (TPSA) is 65.0 Å². The van der Waals surface area contributed by atoms with Crippen molar-refractivity contribution >= 4 is 29.0 Å². The van der Waals surface area contributed by atoms with E-state index in [1.807, 2.05) is 0 Å². The Hall–Kier alpha value is -1.24. The lowest BCUT2D eigenvalue weighted by Gasteiger charge is -2.20. The summed E-state index contributed by atoms with van der Waals surface area (Å²) >= 11 is 1.26. The predicted octanol–water partition coefficient (Wildman–Crippen LogP) is 1.97. The van der Waals surface area contributed by atoms with E-state index in [0.717, 1.165) is 25.9 Å². The molecule has 0 atom stereocenters. The van der Waals surface area contributed by atoms with Gasteiger partial charge in [-0.2, -0.15) is 4.99 Å². The van der Waals surface area contributed by atoms with E-state index < -0.39 is 0 Å². The molecule has 0 unspecified atom stereocenters. The van der Waals surface area contributed by atoms with Crippen molar-refractivity contribution in [1.82, 2.24) is 15.1 Å². The van der Waals surface area contributed by atoms with Gasteiger partial charge in [-0.3, -0.25) is 5.32 Å². The maximum atomic E-state index is 12.1. The maximum Gasteiger partial charge on any atom is 0.345 e. The number of amides is 4. The lowest BCUT2D eigenvalue weighted by atomic mass is 10.2. The molecule has 0 aliphatic carbocycles. The van der Waals surface area contributed by atoms with Crippen molar-refractivity contribution < 1.29 is 9.59 Å². The Bertz CT molecular complexity index is 350.